The molecule has 3 N–H and O–H groups in total. The number of alkyl carbamates (subject to hydrolysis) is 1. The summed E-state index contributed by atoms with van der Waals surface area (Å²) in [7, 11) is 0. The topological polar surface area (TPSA) is 78.8 Å². The van der Waals surface area contributed by atoms with Crippen LogP contribution in [-0.4, -0.2) is 35.6 Å². The third-order valence-corrected chi connectivity index (χ3v) is 6.04. The lowest BCUT2D eigenvalue weighted by molar-refractivity contribution is -0.139. The highest BCUT2D eigenvalue weighted by Crippen LogP contribution is 2.44. The van der Waals surface area contributed by atoms with Crippen molar-refractivity contribution in [2.24, 2.45) is 0 Å². The summed E-state index contributed by atoms with van der Waals surface area (Å²) in [6.07, 6.45) is -9.24. The van der Waals surface area contributed by atoms with Crippen molar-refractivity contribution in [3.8, 4) is 11.1 Å². The van der Waals surface area contributed by atoms with Gasteiger partial charge in [0.05, 0.1) is 5.56 Å². The van der Waals surface area contributed by atoms with E-state index in [4.69, 9.17) is 16.3 Å². The lowest BCUT2D eigenvalue weighted by atomic mass is 9.98. The first-order valence-corrected chi connectivity index (χ1v) is 10.9. The quantitative estimate of drug-likeness (QED) is 0.438. The number of rotatable bonds is 6. The maximum Gasteiger partial charge on any atom is 0.416 e. The number of fused-ring (bicyclic) bond motifs is 3. The average Bonchev–Trinajstić information content (AvgIpc) is 3.14. The summed E-state index contributed by atoms with van der Waals surface area (Å²) in [6.45, 7) is -0.480. The van der Waals surface area contributed by atoms with E-state index >= 15 is 0 Å². The molecule has 0 fully saturated rings. The van der Waals surface area contributed by atoms with Crippen molar-refractivity contribution in [3.63, 3.8) is 0 Å². The van der Waals surface area contributed by atoms with E-state index in [-0.39, 0.29) is 17.5 Å². The Labute approximate surface area is 198 Å². The second kappa shape index (κ2) is 9.66. The lowest BCUT2D eigenvalue weighted by Crippen LogP contribution is -2.36. The van der Waals surface area contributed by atoms with Crippen LogP contribution in [0.3, 0.4) is 0 Å². The van der Waals surface area contributed by atoms with Crippen molar-refractivity contribution in [1.82, 2.24) is 5.32 Å². The second-order valence-electron chi connectivity index (χ2n) is 7.95. The van der Waals surface area contributed by atoms with Crippen LogP contribution in [0.1, 0.15) is 34.3 Å². The summed E-state index contributed by atoms with van der Waals surface area (Å²) < 4.78 is 45.2. The number of aliphatic hydroxyl groups is 2. The zero-order valence-electron chi connectivity index (χ0n) is 17.7. The van der Waals surface area contributed by atoms with Gasteiger partial charge in [-0.3, -0.25) is 0 Å². The van der Waals surface area contributed by atoms with Gasteiger partial charge in [0.25, 0.3) is 0 Å². The molecule has 0 bridgehead atoms. The van der Waals surface area contributed by atoms with E-state index in [2.05, 4.69) is 5.32 Å². The van der Waals surface area contributed by atoms with Gasteiger partial charge in [0.15, 0.2) is 0 Å². The molecule has 0 spiro atoms. The van der Waals surface area contributed by atoms with Gasteiger partial charge in [0.2, 0.25) is 0 Å². The molecular weight excluding hydrogens is 471 g/mol. The highest BCUT2D eigenvalue weighted by molar-refractivity contribution is 6.30. The van der Waals surface area contributed by atoms with Crippen molar-refractivity contribution in [2.45, 2.75) is 24.3 Å². The predicted molar refractivity (Wildman–Crippen MR) is 120 cm³/mol. The Morgan fingerprint density at radius 2 is 1.59 bits per heavy atom. The van der Waals surface area contributed by atoms with Gasteiger partial charge in [-0.25, -0.2) is 4.79 Å². The molecule has 1 aliphatic carbocycles. The van der Waals surface area contributed by atoms with Crippen molar-refractivity contribution < 1.29 is 32.9 Å². The number of aliphatic hydroxyl groups excluding tert-OH is 2. The molecule has 1 amide bonds. The molecule has 4 rings (SSSR count). The van der Waals surface area contributed by atoms with Gasteiger partial charge < -0.3 is 20.3 Å². The maximum atomic E-state index is 13.3. The van der Waals surface area contributed by atoms with Crippen LogP contribution >= 0.6 is 11.6 Å². The van der Waals surface area contributed by atoms with E-state index in [0.29, 0.717) is 6.07 Å². The third-order valence-electron chi connectivity index (χ3n) is 5.80. The van der Waals surface area contributed by atoms with E-state index in [1.165, 1.54) is 6.07 Å². The molecule has 178 valence electrons. The molecule has 3 aromatic carbocycles. The number of benzene rings is 3. The van der Waals surface area contributed by atoms with E-state index in [9.17, 15) is 28.2 Å². The predicted octanol–water partition coefficient (Wildman–Crippen LogP) is 5.29. The van der Waals surface area contributed by atoms with Gasteiger partial charge in [-0.05, 0) is 39.9 Å². The molecule has 9 heteroatoms. The SMILES string of the molecule is O=C(NCC(O)C(O)c1ccc(Cl)cc1C(F)(F)F)OCC1c2ccccc2-c2ccccc21. The summed E-state index contributed by atoms with van der Waals surface area (Å²) >= 11 is 5.64. The minimum absolute atomic E-state index is 0.0356. The summed E-state index contributed by atoms with van der Waals surface area (Å²) in [6, 6.07) is 18.4. The highest BCUT2D eigenvalue weighted by atomic mass is 35.5. The van der Waals surface area contributed by atoms with Gasteiger partial charge in [0, 0.05) is 17.5 Å². The first kappa shape index (κ1) is 24.1. The Bertz CT molecular complexity index is 1160. The number of nitrogens with one attached hydrogen (secondary N) is 1. The monoisotopic (exact) mass is 491 g/mol. The van der Waals surface area contributed by atoms with E-state index in [1.54, 1.807) is 0 Å². The van der Waals surface area contributed by atoms with Gasteiger partial charge >= 0.3 is 12.3 Å². The zero-order chi connectivity index (χ0) is 24.5. The second-order valence-corrected chi connectivity index (χ2v) is 8.38. The third kappa shape index (κ3) is 4.89. The van der Waals surface area contributed by atoms with Crippen LogP contribution in [-0.2, 0) is 10.9 Å². The fourth-order valence-corrected chi connectivity index (χ4v) is 4.36. The standard InChI is InChI=1S/C25H21ClF3NO4/c26-14-9-10-19(21(11-14)25(27,28)29)23(32)22(31)12-30-24(33)34-13-20-17-7-3-1-5-15(17)16-6-2-4-8-18(16)20/h1-11,20,22-23,31-32H,12-13H2,(H,30,33). The molecule has 2 atom stereocenters. The number of halogens is 4. The number of amides is 1. The molecule has 0 saturated carbocycles. The molecule has 3 aromatic rings. The van der Waals surface area contributed by atoms with Gasteiger partial charge in [0.1, 0.15) is 18.8 Å². The molecule has 0 radical (unpaired) electrons. The summed E-state index contributed by atoms with van der Waals surface area (Å²) in [5.74, 6) is -0.169. The molecule has 0 aromatic heterocycles. The average molecular weight is 492 g/mol. The number of hydrogen-bond acceptors (Lipinski definition) is 4. The fraction of sp³-hybridized carbons (Fsp3) is 0.240. The maximum absolute atomic E-state index is 13.3. The Morgan fingerprint density at radius 1 is 1.00 bits per heavy atom. The van der Waals surface area contributed by atoms with Crippen molar-refractivity contribution in [3.05, 3.63) is 94.0 Å². The lowest BCUT2D eigenvalue weighted by Gasteiger charge is -2.22. The molecule has 0 heterocycles. The van der Waals surface area contributed by atoms with E-state index < -0.39 is 42.1 Å². The van der Waals surface area contributed by atoms with Crippen LogP contribution in [0.25, 0.3) is 11.1 Å². The van der Waals surface area contributed by atoms with Crippen LogP contribution in [0, 0.1) is 0 Å². The Hall–Kier alpha value is -3.07. The fourth-order valence-electron chi connectivity index (χ4n) is 4.19. The highest BCUT2D eigenvalue weighted by Gasteiger charge is 2.37. The number of alkyl halides is 3. The Kier molecular flexibility index (Phi) is 6.84. The van der Waals surface area contributed by atoms with Crippen LogP contribution in [0.15, 0.2) is 66.7 Å². The molecule has 2 unspecified atom stereocenters. The molecule has 0 saturated heterocycles. The molecule has 1 aliphatic rings. The first-order valence-electron chi connectivity index (χ1n) is 10.5. The van der Waals surface area contributed by atoms with Crippen LogP contribution in [0.5, 0.6) is 0 Å². The minimum Gasteiger partial charge on any atom is -0.449 e. The molecule has 34 heavy (non-hydrogen) atoms. The van der Waals surface area contributed by atoms with E-state index in [0.717, 1.165) is 28.3 Å². The van der Waals surface area contributed by atoms with Gasteiger partial charge in [-0.1, -0.05) is 66.2 Å². The van der Waals surface area contributed by atoms with Crippen molar-refractivity contribution in [1.29, 1.82) is 0 Å². The van der Waals surface area contributed by atoms with Crippen LogP contribution in [0.2, 0.25) is 5.02 Å². The number of hydrogen-bond donors (Lipinski definition) is 3. The normalized spacial score (nSPS) is 14.8. The van der Waals surface area contributed by atoms with Gasteiger partial charge in [-0.2, -0.15) is 13.2 Å². The number of carbonyl (C=O) groups is 1. The largest absolute Gasteiger partial charge is 0.449 e. The van der Waals surface area contributed by atoms with E-state index in [1.807, 2.05) is 48.5 Å². The summed E-state index contributed by atoms with van der Waals surface area (Å²) in [5.41, 5.74) is 2.47. The first-order chi connectivity index (χ1) is 16.2. The Morgan fingerprint density at radius 3 is 2.18 bits per heavy atom. The molecular formula is C25H21ClF3NO4. The van der Waals surface area contributed by atoms with Crippen molar-refractivity contribution >= 4 is 17.7 Å². The summed E-state index contributed by atoms with van der Waals surface area (Å²) in [5, 5.41) is 22.6. The van der Waals surface area contributed by atoms with Crippen LogP contribution < -0.4 is 5.32 Å². The molecule has 0 aliphatic heterocycles. The smallest absolute Gasteiger partial charge is 0.416 e. The summed E-state index contributed by atoms with van der Waals surface area (Å²) in [4.78, 5) is 12.2. The minimum atomic E-state index is -4.78. The molecule has 5 nitrogen and oxygen atoms in total. The Balaban J connectivity index is 1.37. The van der Waals surface area contributed by atoms with Crippen LogP contribution in [0.4, 0.5) is 18.0 Å². The van der Waals surface area contributed by atoms with Crippen molar-refractivity contribution in [2.75, 3.05) is 13.2 Å². The zero-order valence-corrected chi connectivity index (χ0v) is 18.5. The number of carbonyl (C=O) groups excluding carboxylic acids is 1. The number of ether oxygens (including phenoxy) is 1. The van der Waals surface area contributed by atoms with Gasteiger partial charge in [-0.15, -0.1) is 0 Å².